The Hall–Kier alpha value is -0.0900. The van der Waals surface area contributed by atoms with E-state index in [1.54, 1.807) is 6.07 Å². The van der Waals surface area contributed by atoms with E-state index in [2.05, 4.69) is 36.8 Å². The van der Waals surface area contributed by atoms with Crippen molar-refractivity contribution in [3.63, 3.8) is 0 Å². The van der Waals surface area contributed by atoms with Crippen LogP contribution < -0.4 is 5.73 Å². The minimum atomic E-state index is 0.510. The van der Waals surface area contributed by atoms with Crippen LogP contribution in [0, 0.1) is 0 Å². The molecule has 2 N–H and O–H groups in total. The molecule has 0 unspecified atom stereocenters. The largest absolute Gasteiger partial charge is 0.384 e. The third-order valence-electron chi connectivity index (χ3n) is 0.779. The summed E-state index contributed by atoms with van der Waals surface area (Å²) in [6.07, 6.45) is 0. The lowest BCUT2D eigenvalue weighted by Crippen LogP contribution is -1.88. The normalized spacial score (nSPS) is 9.56. The van der Waals surface area contributed by atoms with Crippen LogP contribution in [0.4, 0.5) is 5.82 Å². The predicted octanol–water partition coefficient (Wildman–Crippen LogP) is 2.19. The molecule has 0 atom stereocenters. The van der Waals surface area contributed by atoms with E-state index in [4.69, 9.17) is 5.73 Å². The third-order valence-corrected chi connectivity index (χ3v) is 1.64. The summed E-state index contributed by atoms with van der Waals surface area (Å²) in [5, 5.41) is 0. The van der Waals surface area contributed by atoms with E-state index in [1.807, 2.05) is 6.07 Å². The van der Waals surface area contributed by atoms with Gasteiger partial charge in [-0.1, -0.05) is 15.9 Å². The van der Waals surface area contributed by atoms with E-state index < -0.39 is 0 Å². The van der Waals surface area contributed by atoms with Gasteiger partial charge in [0.1, 0.15) is 10.4 Å². The van der Waals surface area contributed by atoms with Gasteiger partial charge in [0.25, 0.3) is 0 Å². The fraction of sp³-hybridized carbons (Fsp3) is 0. The van der Waals surface area contributed by atoms with Crippen LogP contribution in [0.1, 0.15) is 0 Å². The number of nitrogen functional groups attached to an aromatic ring is 1. The van der Waals surface area contributed by atoms with Gasteiger partial charge in [-0.3, -0.25) is 0 Å². The Kier molecular flexibility index (Phi) is 2.08. The highest BCUT2D eigenvalue weighted by molar-refractivity contribution is 9.11. The van der Waals surface area contributed by atoms with Gasteiger partial charge in [-0.2, -0.15) is 0 Å². The number of rotatable bonds is 0. The van der Waals surface area contributed by atoms with Crippen molar-refractivity contribution in [3.05, 3.63) is 21.2 Å². The highest BCUT2D eigenvalue weighted by Crippen LogP contribution is 2.17. The molecule has 0 radical (unpaired) electrons. The van der Waals surface area contributed by atoms with Gasteiger partial charge in [-0.15, -0.1) is 0 Å². The van der Waals surface area contributed by atoms with E-state index in [0.29, 0.717) is 5.82 Å². The Morgan fingerprint density at radius 2 is 2.00 bits per heavy atom. The summed E-state index contributed by atoms with van der Waals surface area (Å²) in [5.41, 5.74) is 5.39. The first-order valence-corrected chi connectivity index (χ1v) is 3.85. The molecule has 0 saturated heterocycles. The second-order valence-electron chi connectivity index (χ2n) is 1.53. The number of nitrogens with zero attached hydrogens (tertiary/aromatic N) is 1. The first-order chi connectivity index (χ1) is 4.18. The standard InChI is InChI=1S/C5H4Br2N2/c6-3-1-4(7)9-5(8)2-3/h1-2H,(H2,8,9). The predicted molar refractivity (Wildman–Crippen MR) is 44.0 cm³/mol. The SMILES string of the molecule is Nc1cc(Br)cc(Br)n1. The molecule has 9 heavy (non-hydrogen) atoms. The molecule has 0 amide bonds. The number of hydrogen-bond acceptors (Lipinski definition) is 2. The van der Waals surface area contributed by atoms with E-state index in [9.17, 15) is 0 Å². The minimum absolute atomic E-state index is 0.510. The zero-order valence-corrected chi connectivity index (χ0v) is 7.61. The number of hydrogen-bond donors (Lipinski definition) is 1. The highest BCUT2D eigenvalue weighted by atomic mass is 79.9. The van der Waals surface area contributed by atoms with E-state index in [-0.39, 0.29) is 0 Å². The highest BCUT2D eigenvalue weighted by Gasteiger charge is 1.92. The summed E-state index contributed by atoms with van der Waals surface area (Å²) >= 11 is 6.45. The quantitative estimate of drug-likeness (QED) is 0.718. The molecule has 0 bridgehead atoms. The lowest BCUT2D eigenvalue weighted by Gasteiger charge is -1.93. The number of pyridine rings is 1. The van der Waals surface area contributed by atoms with Crippen molar-refractivity contribution < 1.29 is 0 Å². The summed E-state index contributed by atoms with van der Waals surface area (Å²) in [5.74, 6) is 0.510. The van der Waals surface area contributed by atoms with Crippen molar-refractivity contribution in [2.75, 3.05) is 5.73 Å². The molecule has 2 nitrogen and oxygen atoms in total. The average Bonchev–Trinajstić information content (AvgIpc) is 1.59. The fourth-order valence-corrected chi connectivity index (χ4v) is 1.69. The Morgan fingerprint density at radius 3 is 2.44 bits per heavy atom. The Morgan fingerprint density at radius 1 is 1.33 bits per heavy atom. The van der Waals surface area contributed by atoms with Crippen LogP contribution in [-0.4, -0.2) is 4.98 Å². The van der Waals surface area contributed by atoms with E-state index >= 15 is 0 Å². The molecule has 4 heteroatoms. The maximum atomic E-state index is 5.39. The number of halogens is 2. The minimum Gasteiger partial charge on any atom is -0.384 e. The zero-order valence-electron chi connectivity index (χ0n) is 4.44. The molecule has 0 aromatic carbocycles. The first kappa shape index (κ1) is 7.02. The molecular formula is C5H4Br2N2. The van der Waals surface area contributed by atoms with Crippen molar-refractivity contribution in [1.29, 1.82) is 0 Å². The molecule has 0 saturated carbocycles. The van der Waals surface area contributed by atoms with Crippen molar-refractivity contribution in [3.8, 4) is 0 Å². The monoisotopic (exact) mass is 250 g/mol. The van der Waals surface area contributed by atoms with Gasteiger partial charge >= 0.3 is 0 Å². The van der Waals surface area contributed by atoms with Gasteiger partial charge in [0, 0.05) is 4.47 Å². The summed E-state index contributed by atoms with van der Waals surface area (Å²) in [4.78, 5) is 3.90. The topological polar surface area (TPSA) is 38.9 Å². The second kappa shape index (κ2) is 2.66. The van der Waals surface area contributed by atoms with Crippen molar-refractivity contribution >= 4 is 37.7 Å². The molecule has 0 spiro atoms. The smallest absolute Gasteiger partial charge is 0.125 e. The third kappa shape index (κ3) is 1.95. The maximum absolute atomic E-state index is 5.39. The number of anilines is 1. The van der Waals surface area contributed by atoms with Gasteiger partial charge in [-0.05, 0) is 28.1 Å². The Balaban J connectivity index is 3.17. The Labute approximate surface area is 69.7 Å². The molecule has 1 rings (SSSR count). The number of aromatic nitrogens is 1. The molecule has 1 aromatic rings. The van der Waals surface area contributed by atoms with Gasteiger partial charge in [0.05, 0.1) is 0 Å². The fourth-order valence-electron chi connectivity index (χ4n) is 0.485. The van der Waals surface area contributed by atoms with Crippen molar-refractivity contribution in [2.24, 2.45) is 0 Å². The van der Waals surface area contributed by atoms with Crippen molar-refractivity contribution in [1.82, 2.24) is 4.98 Å². The maximum Gasteiger partial charge on any atom is 0.125 e. The summed E-state index contributed by atoms with van der Waals surface area (Å²) < 4.78 is 1.68. The van der Waals surface area contributed by atoms with Crippen LogP contribution in [0.2, 0.25) is 0 Å². The van der Waals surface area contributed by atoms with Crippen LogP contribution >= 0.6 is 31.9 Å². The van der Waals surface area contributed by atoms with E-state index in [0.717, 1.165) is 9.08 Å². The van der Waals surface area contributed by atoms with Crippen LogP contribution in [-0.2, 0) is 0 Å². The van der Waals surface area contributed by atoms with E-state index in [1.165, 1.54) is 0 Å². The van der Waals surface area contributed by atoms with Crippen molar-refractivity contribution in [2.45, 2.75) is 0 Å². The molecular weight excluding hydrogens is 248 g/mol. The van der Waals surface area contributed by atoms with Gasteiger partial charge in [0.15, 0.2) is 0 Å². The molecule has 0 aliphatic rings. The summed E-state index contributed by atoms with van der Waals surface area (Å²) in [6, 6.07) is 3.57. The summed E-state index contributed by atoms with van der Waals surface area (Å²) in [6.45, 7) is 0. The molecule has 0 aliphatic carbocycles. The Bertz CT molecular complexity index is 174. The molecule has 1 heterocycles. The molecule has 48 valence electrons. The second-order valence-corrected chi connectivity index (χ2v) is 3.26. The molecule has 0 fully saturated rings. The summed E-state index contributed by atoms with van der Waals surface area (Å²) in [7, 11) is 0. The van der Waals surface area contributed by atoms with Crippen LogP contribution in [0.5, 0.6) is 0 Å². The lowest BCUT2D eigenvalue weighted by molar-refractivity contribution is 1.28. The van der Waals surface area contributed by atoms with Gasteiger partial charge < -0.3 is 5.73 Å². The van der Waals surface area contributed by atoms with Gasteiger partial charge in [-0.25, -0.2) is 4.98 Å². The zero-order chi connectivity index (χ0) is 6.85. The number of nitrogens with two attached hydrogens (primary N) is 1. The van der Waals surface area contributed by atoms with Crippen LogP contribution in [0.3, 0.4) is 0 Å². The average molecular weight is 252 g/mol. The molecule has 1 aromatic heterocycles. The first-order valence-electron chi connectivity index (χ1n) is 2.27. The van der Waals surface area contributed by atoms with Gasteiger partial charge in [0.2, 0.25) is 0 Å². The molecule has 0 aliphatic heterocycles. The lowest BCUT2D eigenvalue weighted by atomic mass is 10.5. The van der Waals surface area contributed by atoms with Crippen LogP contribution in [0.25, 0.3) is 0 Å². The van der Waals surface area contributed by atoms with Crippen LogP contribution in [0.15, 0.2) is 21.2 Å².